The summed E-state index contributed by atoms with van der Waals surface area (Å²) in [6, 6.07) is 15.0. The average molecular weight is 386 g/mol. The van der Waals surface area contributed by atoms with Gasteiger partial charge in [0.15, 0.2) is 6.61 Å². The van der Waals surface area contributed by atoms with Gasteiger partial charge in [-0.15, -0.1) is 0 Å². The second-order valence-corrected chi connectivity index (χ2v) is 6.26. The van der Waals surface area contributed by atoms with Crippen LogP contribution in [0.2, 0.25) is 0 Å². The summed E-state index contributed by atoms with van der Waals surface area (Å²) >= 11 is 0. The number of aliphatic hydroxyl groups excluding tert-OH is 1. The van der Waals surface area contributed by atoms with Crippen LogP contribution in [-0.2, 0) is 11.4 Å². The van der Waals surface area contributed by atoms with Gasteiger partial charge < -0.3 is 24.8 Å². The van der Waals surface area contributed by atoms with E-state index in [1.165, 1.54) is 0 Å². The standard InChI is InChI=1S/C20H24N2O4.C2H6/c1-25-19-5-3-2-4-18(19)21-16-10-11-22(12-16)20(24)14-26-17-8-6-15(13-23)7-9-17;1-2/h2-9,16,21,23H,10-14H2,1H3;1-2H3. The van der Waals surface area contributed by atoms with Gasteiger partial charge in [0.1, 0.15) is 11.5 Å². The summed E-state index contributed by atoms with van der Waals surface area (Å²) in [6.45, 7) is 5.36. The third kappa shape index (κ3) is 5.89. The summed E-state index contributed by atoms with van der Waals surface area (Å²) in [7, 11) is 1.65. The number of carbonyl (C=O) groups excluding carboxylic acids is 1. The number of amides is 1. The van der Waals surface area contributed by atoms with Gasteiger partial charge in [0.05, 0.1) is 19.4 Å². The van der Waals surface area contributed by atoms with Crippen molar-refractivity contribution in [2.24, 2.45) is 0 Å². The minimum absolute atomic E-state index is 0.00637. The van der Waals surface area contributed by atoms with Crippen molar-refractivity contribution >= 4 is 11.6 Å². The van der Waals surface area contributed by atoms with Gasteiger partial charge in [0.25, 0.3) is 5.91 Å². The highest BCUT2D eigenvalue weighted by Gasteiger charge is 2.26. The number of carbonyl (C=O) groups is 1. The molecule has 0 aromatic heterocycles. The van der Waals surface area contributed by atoms with E-state index in [1.807, 2.05) is 43.0 Å². The molecule has 0 aliphatic carbocycles. The SMILES string of the molecule is CC.COc1ccccc1NC1CCN(C(=O)COc2ccc(CO)cc2)C1. The smallest absolute Gasteiger partial charge is 0.260 e. The molecule has 6 heteroatoms. The minimum Gasteiger partial charge on any atom is -0.495 e. The molecule has 3 rings (SSSR count). The molecule has 0 radical (unpaired) electrons. The van der Waals surface area contributed by atoms with Crippen LogP contribution >= 0.6 is 0 Å². The maximum absolute atomic E-state index is 12.4. The number of anilines is 1. The van der Waals surface area contributed by atoms with Crippen LogP contribution in [0.1, 0.15) is 25.8 Å². The van der Waals surface area contributed by atoms with Crippen LogP contribution in [0.15, 0.2) is 48.5 Å². The normalized spacial score (nSPS) is 15.4. The fourth-order valence-corrected chi connectivity index (χ4v) is 3.02. The van der Waals surface area contributed by atoms with E-state index < -0.39 is 0 Å². The third-order valence-electron chi connectivity index (χ3n) is 4.48. The molecule has 1 unspecified atom stereocenters. The Morgan fingerprint density at radius 1 is 1.18 bits per heavy atom. The van der Waals surface area contributed by atoms with Gasteiger partial charge in [0, 0.05) is 19.1 Å². The van der Waals surface area contributed by atoms with Crippen LogP contribution in [0.25, 0.3) is 0 Å². The highest BCUT2D eigenvalue weighted by Crippen LogP contribution is 2.25. The fourth-order valence-electron chi connectivity index (χ4n) is 3.02. The minimum atomic E-state index is -0.0273. The molecule has 0 spiro atoms. The number of hydrogen-bond donors (Lipinski definition) is 2. The van der Waals surface area contributed by atoms with Gasteiger partial charge >= 0.3 is 0 Å². The van der Waals surface area contributed by atoms with Gasteiger partial charge in [-0.1, -0.05) is 38.1 Å². The highest BCUT2D eigenvalue weighted by molar-refractivity contribution is 5.78. The summed E-state index contributed by atoms with van der Waals surface area (Å²) in [5.74, 6) is 1.39. The van der Waals surface area contributed by atoms with E-state index in [9.17, 15) is 4.79 Å². The molecule has 1 aliphatic rings. The van der Waals surface area contributed by atoms with Gasteiger partial charge in [-0.2, -0.15) is 0 Å². The lowest BCUT2D eigenvalue weighted by Crippen LogP contribution is -2.35. The summed E-state index contributed by atoms with van der Waals surface area (Å²) in [5.41, 5.74) is 1.75. The van der Waals surface area contributed by atoms with Gasteiger partial charge in [-0.3, -0.25) is 4.79 Å². The highest BCUT2D eigenvalue weighted by atomic mass is 16.5. The third-order valence-corrected chi connectivity index (χ3v) is 4.48. The van der Waals surface area contributed by atoms with Crippen molar-refractivity contribution in [3.05, 3.63) is 54.1 Å². The van der Waals surface area contributed by atoms with E-state index in [0.29, 0.717) is 18.8 Å². The first-order valence-electron chi connectivity index (χ1n) is 9.69. The number of benzene rings is 2. The van der Waals surface area contributed by atoms with E-state index >= 15 is 0 Å². The topological polar surface area (TPSA) is 71.0 Å². The summed E-state index contributed by atoms with van der Waals surface area (Å²) in [6.07, 6.45) is 0.884. The zero-order valence-electron chi connectivity index (χ0n) is 16.9. The van der Waals surface area contributed by atoms with Crippen LogP contribution in [0.5, 0.6) is 11.5 Å². The molecule has 1 amide bonds. The van der Waals surface area contributed by atoms with Crippen molar-refractivity contribution in [3.8, 4) is 11.5 Å². The monoisotopic (exact) mass is 386 g/mol. The average Bonchev–Trinajstić information content (AvgIpc) is 3.23. The first-order chi connectivity index (χ1) is 13.7. The molecule has 1 heterocycles. The number of rotatable bonds is 7. The molecular weight excluding hydrogens is 356 g/mol. The van der Waals surface area contributed by atoms with E-state index in [4.69, 9.17) is 14.6 Å². The van der Waals surface area contributed by atoms with Crippen LogP contribution in [0.4, 0.5) is 5.69 Å². The van der Waals surface area contributed by atoms with Crippen molar-refractivity contribution in [1.82, 2.24) is 4.90 Å². The molecule has 1 fully saturated rings. The maximum Gasteiger partial charge on any atom is 0.260 e. The lowest BCUT2D eigenvalue weighted by molar-refractivity contribution is -0.132. The molecule has 1 saturated heterocycles. The summed E-state index contributed by atoms with van der Waals surface area (Å²) in [4.78, 5) is 14.2. The van der Waals surface area contributed by atoms with Crippen molar-refractivity contribution in [3.63, 3.8) is 0 Å². The molecule has 152 valence electrons. The Kier molecular flexibility index (Phi) is 8.62. The summed E-state index contributed by atoms with van der Waals surface area (Å²) < 4.78 is 10.9. The van der Waals surface area contributed by atoms with E-state index in [-0.39, 0.29) is 25.2 Å². The van der Waals surface area contributed by atoms with E-state index in [2.05, 4.69) is 5.32 Å². The fraction of sp³-hybridized carbons (Fsp3) is 0.409. The Morgan fingerprint density at radius 3 is 2.57 bits per heavy atom. The van der Waals surface area contributed by atoms with E-state index in [0.717, 1.165) is 23.4 Å². The quantitative estimate of drug-likeness (QED) is 0.764. The Bertz CT molecular complexity index is 734. The first-order valence-corrected chi connectivity index (χ1v) is 9.69. The Labute approximate surface area is 167 Å². The molecule has 2 aromatic carbocycles. The predicted octanol–water partition coefficient (Wildman–Crippen LogP) is 3.31. The first kappa shape index (κ1) is 21.6. The number of aliphatic hydroxyl groups is 1. The van der Waals surface area contributed by atoms with Crippen LogP contribution in [0, 0.1) is 0 Å². The second kappa shape index (κ2) is 11.2. The largest absolute Gasteiger partial charge is 0.495 e. The van der Waals surface area contributed by atoms with Crippen molar-refractivity contribution < 1.29 is 19.4 Å². The number of hydrogen-bond acceptors (Lipinski definition) is 5. The Balaban J connectivity index is 0.00000136. The Morgan fingerprint density at radius 2 is 1.89 bits per heavy atom. The van der Waals surface area contributed by atoms with Crippen molar-refractivity contribution in [2.75, 3.05) is 32.1 Å². The number of nitrogens with one attached hydrogen (secondary N) is 1. The van der Waals surface area contributed by atoms with Gasteiger partial charge in [-0.05, 0) is 36.2 Å². The molecule has 0 saturated carbocycles. The van der Waals surface area contributed by atoms with E-state index in [1.54, 1.807) is 31.4 Å². The van der Waals surface area contributed by atoms with Crippen LogP contribution in [-0.4, -0.2) is 48.8 Å². The van der Waals surface area contributed by atoms with Crippen LogP contribution in [0.3, 0.4) is 0 Å². The number of para-hydroxylation sites is 2. The number of likely N-dealkylation sites (tertiary alicyclic amines) is 1. The number of nitrogens with zero attached hydrogens (tertiary/aromatic N) is 1. The van der Waals surface area contributed by atoms with Gasteiger partial charge in [0.2, 0.25) is 0 Å². The molecule has 1 aliphatic heterocycles. The van der Waals surface area contributed by atoms with Crippen molar-refractivity contribution in [1.29, 1.82) is 0 Å². The molecule has 6 nitrogen and oxygen atoms in total. The Hall–Kier alpha value is -2.73. The number of ether oxygens (including phenoxy) is 2. The predicted molar refractivity (Wildman–Crippen MR) is 111 cm³/mol. The molecular formula is C22H30N2O4. The summed E-state index contributed by atoms with van der Waals surface area (Å²) in [5, 5.41) is 12.5. The molecule has 28 heavy (non-hydrogen) atoms. The lowest BCUT2D eigenvalue weighted by Gasteiger charge is -2.19. The second-order valence-electron chi connectivity index (χ2n) is 6.26. The molecule has 2 aromatic rings. The molecule has 0 bridgehead atoms. The van der Waals surface area contributed by atoms with Crippen LogP contribution < -0.4 is 14.8 Å². The zero-order valence-corrected chi connectivity index (χ0v) is 16.9. The molecule has 1 atom stereocenters. The maximum atomic E-state index is 12.4. The van der Waals surface area contributed by atoms with Gasteiger partial charge in [-0.25, -0.2) is 0 Å². The zero-order chi connectivity index (χ0) is 20.4. The number of methoxy groups -OCH3 is 1. The lowest BCUT2D eigenvalue weighted by atomic mass is 10.2. The van der Waals surface area contributed by atoms with Crippen molar-refractivity contribution in [2.45, 2.75) is 32.9 Å². The molecule has 2 N–H and O–H groups in total.